The Morgan fingerprint density at radius 2 is 1.79 bits per heavy atom. The van der Waals surface area contributed by atoms with Gasteiger partial charge in [-0.25, -0.2) is 0 Å². The lowest BCUT2D eigenvalue weighted by Gasteiger charge is -2.13. The number of hydrogen-bond donors (Lipinski definition) is 1. The molecular formula is C12H22NO+. The average Bonchev–Trinajstić information content (AvgIpc) is 2.19. The first kappa shape index (κ1) is 12.9. The average molecular weight is 196 g/mol. The highest BCUT2D eigenvalue weighted by Gasteiger charge is 2.12. The van der Waals surface area contributed by atoms with Gasteiger partial charge in [-0.2, -0.15) is 0 Å². The van der Waals surface area contributed by atoms with Crippen LogP contribution in [0, 0.1) is 5.92 Å². The van der Waals surface area contributed by atoms with Crippen LogP contribution in [0.25, 0.3) is 0 Å². The molecule has 1 N–H and O–H groups in total. The van der Waals surface area contributed by atoms with Crippen molar-refractivity contribution in [2.24, 2.45) is 5.92 Å². The van der Waals surface area contributed by atoms with Crippen LogP contribution in [-0.4, -0.2) is 5.21 Å². The minimum atomic E-state index is 0.490. The normalized spacial score (nSPS) is 11.9. The fourth-order valence-electron chi connectivity index (χ4n) is 1.14. The Kier molecular flexibility index (Phi) is 5.93. The van der Waals surface area contributed by atoms with Crippen molar-refractivity contribution in [2.45, 2.75) is 40.5 Å². The SMILES string of the molecule is CC.CC(C)C(C)c1ccc[n+](O)c1. The van der Waals surface area contributed by atoms with E-state index in [0.717, 1.165) is 4.73 Å². The summed E-state index contributed by atoms with van der Waals surface area (Å²) in [6.07, 6.45) is 3.38. The molecule has 1 atom stereocenters. The van der Waals surface area contributed by atoms with Gasteiger partial charge >= 0.3 is 0 Å². The van der Waals surface area contributed by atoms with Gasteiger partial charge in [0.1, 0.15) is 0 Å². The first-order valence-corrected chi connectivity index (χ1v) is 5.31. The third kappa shape index (κ3) is 3.77. The first-order chi connectivity index (χ1) is 6.61. The van der Waals surface area contributed by atoms with Crippen molar-refractivity contribution in [3.05, 3.63) is 30.1 Å². The molecule has 0 radical (unpaired) electrons. The summed E-state index contributed by atoms with van der Waals surface area (Å²) < 4.78 is 1.11. The molecule has 0 spiro atoms. The fraction of sp³-hybridized carbons (Fsp3) is 0.583. The maximum atomic E-state index is 9.16. The standard InChI is InChI=1S/C10H16NO.C2H6/c1-8(2)9(3)10-5-4-6-11(12)7-10;1-2/h4-9,12H,1-3H3;1-2H3/q+1;. The third-order valence-corrected chi connectivity index (χ3v) is 2.33. The highest BCUT2D eigenvalue weighted by Crippen LogP contribution is 2.21. The van der Waals surface area contributed by atoms with Gasteiger partial charge in [0.25, 0.3) is 0 Å². The van der Waals surface area contributed by atoms with E-state index >= 15 is 0 Å². The second-order valence-electron chi connectivity index (χ2n) is 3.55. The van der Waals surface area contributed by atoms with Crippen LogP contribution in [0.15, 0.2) is 24.5 Å². The molecule has 0 aliphatic rings. The van der Waals surface area contributed by atoms with Crippen LogP contribution in [0.3, 0.4) is 0 Å². The van der Waals surface area contributed by atoms with Crippen molar-refractivity contribution in [1.82, 2.24) is 0 Å². The number of hydrogen-bond acceptors (Lipinski definition) is 1. The van der Waals surface area contributed by atoms with Gasteiger partial charge in [0, 0.05) is 16.4 Å². The van der Waals surface area contributed by atoms with Gasteiger partial charge < -0.3 is 0 Å². The molecule has 1 heterocycles. The molecule has 80 valence electrons. The van der Waals surface area contributed by atoms with Crippen LogP contribution in [-0.2, 0) is 0 Å². The molecule has 0 fully saturated rings. The van der Waals surface area contributed by atoms with E-state index in [2.05, 4.69) is 20.8 Å². The van der Waals surface area contributed by atoms with Gasteiger partial charge in [0.2, 0.25) is 12.4 Å². The second kappa shape index (κ2) is 6.41. The zero-order valence-electron chi connectivity index (χ0n) is 9.86. The van der Waals surface area contributed by atoms with Gasteiger partial charge in [-0.1, -0.05) is 34.6 Å². The minimum absolute atomic E-state index is 0.490. The molecular weight excluding hydrogens is 174 g/mol. The Morgan fingerprint density at radius 1 is 1.21 bits per heavy atom. The van der Waals surface area contributed by atoms with Crippen molar-refractivity contribution in [1.29, 1.82) is 0 Å². The second-order valence-corrected chi connectivity index (χ2v) is 3.55. The van der Waals surface area contributed by atoms with E-state index in [1.54, 1.807) is 12.4 Å². The van der Waals surface area contributed by atoms with E-state index in [1.807, 2.05) is 26.0 Å². The lowest BCUT2D eigenvalue weighted by atomic mass is 9.92. The highest BCUT2D eigenvalue weighted by atomic mass is 16.5. The van der Waals surface area contributed by atoms with Crippen molar-refractivity contribution in [2.75, 3.05) is 0 Å². The van der Waals surface area contributed by atoms with Crippen molar-refractivity contribution in [3.8, 4) is 0 Å². The molecule has 14 heavy (non-hydrogen) atoms. The molecule has 0 aliphatic heterocycles. The predicted octanol–water partition coefficient (Wildman–Crippen LogP) is 3.00. The summed E-state index contributed by atoms with van der Waals surface area (Å²) in [6, 6.07) is 3.89. The molecule has 2 heteroatoms. The smallest absolute Gasteiger partial charge is 0.225 e. The van der Waals surface area contributed by atoms with Crippen molar-refractivity contribution in [3.63, 3.8) is 0 Å². The molecule has 0 amide bonds. The first-order valence-electron chi connectivity index (χ1n) is 5.31. The van der Waals surface area contributed by atoms with Crippen molar-refractivity contribution >= 4 is 0 Å². The maximum Gasteiger partial charge on any atom is 0.225 e. The fourth-order valence-corrected chi connectivity index (χ4v) is 1.14. The van der Waals surface area contributed by atoms with Gasteiger partial charge in [-0.15, -0.1) is 0 Å². The zero-order chi connectivity index (χ0) is 11.1. The third-order valence-electron chi connectivity index (χ3n) is 2.33. The summed E-state index contributed by atoms with van der Waals surface area (Å²) in [5.41, 5.74) is 1.18. The molecule has 0 saturated heterocycles. The van der Waals surface area contributed by atoms with Gasteiger partial charge in [0.05, 0.1) is 0 Å². The van der Waals surface area contributed by atoms with E-state index in [-0.39, 0.29) is 0 Å². The molecule has 1 rings (SSSR count). The molecule has 0 aliphatic carbocycles. The molecule has 1 aromatic rings. The monoisotopic (exact) mass is 196 g/mol. The van der Waals surface area contributed by atoms with Crippen LogP contribution in [0.4, 0.5) is 0 Å². The van der Waals surface area contributed by atoms with Crippen LogP contribution < -0.4 is 4.73 Å². The molecule has 0 aromatic carbocycles. The van der Waals surface area contributed by atoms with E-state index in [0.29, 0.717) is 11.8 Å². The van der Waals surface area contributed by atoms with Crippen LogP contribution in [0.5, 0.6) is 0 Å². The Morgan fingerprint density at radius 3 is 2.21 bits per heavy atom. The number of aromatic nitrogens is 1. The molecule has 2 nitrogen and oxygen atoms in total. The summed E-state index contributed by atoms with van der Waals surface area (Å²) >= 11 is 0. The molecule has 0 saturated carbocycles. The van der Waals surface area contributed by atoms with E-state index in [4.69, 9.17) is 5.21 Å². The summed E-state index contributed by atoms with van der Waals surface area (Å²) in [7, 11) is 0. The quantitative estimate of drug-likeness (QED) is 0.570. The summed E-state index contributed by atoms with van der Waals surface area (Å²) in [5.74, 6) is 1.09. The summed E-state index contributed by atoms with van der Waals surface area (Å²) in [5, 5.41) is 9.16. The lowest BCUT2D eigenvalue weighted by molar-refractivity contribution is -0.905. The Labute approximate surface area is 87.2 Å². The molecule has 0 bridgehead atoms. The molecule has 1 unspecified atom stereocenters. The number of rotatable bonds is 2. The zero-order valence-corrected chi connectivity index (χ0v) is 9.86. The number of pyridine rings is 1. The Hall–Kier alpha value is -1.05. The Bertz CT molecular complexity index is 258. The van der Waals surface area contributed by atoms with Gasteiger partial charge in [-0.3, -0.25) is 5.21 Å². The largest absolute Gasteiger partial charge is 0.285 e. The van der Waals surface area contributed by atoms with Crippen LogP contribution >= 0.6 is 0 Å². The lowest BCUT2D eigenvalue weighted by Crippen LogP contribution is -2.29. The summed E-state index contributed by atoms with van der Waals surface area (Å²) in [6.45, 7) is 10.5. The highest BCUT2D eigenvalue weighted by molar-refractivity contribution is 5.11. The van der Waals surface area contributed by atoms with Gasteiger partial charge in [-0.05, 0) is 17.9 Å². The topological polar surface area (TPSA) is 24.1 Å². The minimum Gasteiger partial charge on any atom is -0.285 e. The van der Waals surface area contributed by atoms with Gasteiger partial charge in [0.15, 0.2) is 0 Å². The van der Waals surface area contributed by atoms with E-state index in [1.165, 1.54) is 5.56 Å². The van der Waals surface area contributed by atoms with Crippen molar-refractivity contribution < 1.29 is 9.94 Å². The van der Waals surface area contributed by atoms with Crippen LogP contribution in [0.2, 0.25) is 0 Å². The maximum absolute atomic E-state index is 9.16. The Balaban J connectivity index is 0.000000791. The van der Waals surface area contributed by atoms with E-state index < -0.39 is 0 Å². The van der Waals surface area contributed by atoms with Crippen LogP contribution in [0.1, 0.15) is 46.1 Å². The summed E-state index contributed by atoms with van der Waals surface area (Å²) in [4.78, 5) is 0. The predicted molar refractivity (Wildman–Crippen MR) is 58.4 cm³/mol. The van der Waals surface area contributed by atoms with E-state index in [9.17, 15) is 0 Å². The molecule has 1 aromatic heterocycles. The number of nitrogens with zero attached hydrogens (tertiary/aromatic N) is 1.